The van der Waals surface area contributed by atoms with Crippen LogP contribution in [0.5, 0.6) is 0 Å². The predicted molar refractivity (Wildman–Crippen MR) is 80.0 cm³/mol. The SMILES string of the molecule is CC(C)(C)c1ccc(Sc2c(F)cc(N)cc2F)cc1. The minimum Gasteiger partial charge on any atom is -0.399 e. The molecule has 0 spiro atoms. The van der Waals surface area contributed by atoms with E-state index in [-0.39, 0.29) is 16.0 Å². The maximum Gasteiger partial charge on any atom is 0.142 e. The zero-order valence-corrected chi connectivity index (χ0v) is 12.5. The van der Waals surface area contributed by atoms with Gasteiger partial charge in [0.25, 0.3) is 0 Å². The summed E-state index contributed by atoms with van der Waals surface area (Å²) in [6, 6.07) is 9.98. The van der Waals surface area contributed by atoms with Crippen molar-refractivity contribution in [2.24, 2.45) is 0 Å². The van der Waals surface area contributed by atoms with Crippen LogP contribution >= 0.6 is 11.8 Å². The summed E-state index contributed by atoms with van der Waals surface area (Å²) in [6.07, 6.45) is 0. The van der Waals surface area contributed by atoms with E-state index < -0.39 is 11.6 Å². The van der Waals surface area contributed by atoms with Crippen LogP contribution in [0.4, 0.5) is 14.5 Å². The zero-order chi connectivity index (χ0) is 14.9. The quantitative estimate of drug-likeness (QED) is 0.789. The van der Waals surface area contributed by atoms with Gasteiger partial charge in [-0.3, -0.25) is 0 Å². The standard InChI is InChI=1S/C16H17F2NS/c1-16(2,3)10-4-6-12(7-5-10)20-15-13(17)8-11(19)9-14(15)18/h4-9H,19H2,1-3H3. The van der Waals surface area contributed by atoms with Crippen LogP contribution in [-0.4, -0.2) is 0 Å². The Morgan fingerprint density at radius 1 is 0.950 bits per heavy atom. The maximum absolute atomic E-state index is 13.7. The average Bonchev–Trinajstić information content (AvgIpc) is 2.33. The van der Waals surface area contributed by atoms with E-state index in [4.69, 9.17) is 5.73 Å². The van der Waals surface area contributed by atoms with Gasteiger partial charge in [-0.15, -0.1) is 0 Å². The Labute approximate surface area is 122 Å². The zero-order valence-electron chi connectivity index (χ0n) is 11.7. The Morgan fingerprint density at radius 2 is 1.45 bits per heavy atom. The molecular formula is C16H17F2NS. The third-order valence-corrected chi connectivity index (χ3v) is 4.06. The summed E-state index contributed by atoms with van der Waals surface area (Å²) >= 11 is 1.06. The Morgan fingerprint density at radius 3 is 1.90 bits per heavy atom. The summed E-state index contributed by atoms with van der Waals surface area (Å²) in [5, 5.41) is 0. The van der Waals surface area contributed by atoms with Crippen LogP contribution in [0.2, 0.25) is 0 Å². The van der Waals surface area contributed by atoms with Gasteiger partial charge in [-0.05, 0) is 35.2 Å². The van der Waals surface area contributed by atoms with Crippen LogP contribution in [-0.2, 0) is 5.41 Å². The number of hydrogen-bond donors (Lipinski definition) is 1. The summed E-state index contributed by atoms with van der Waals surface area (Å²) in [4.78, 5) is 0.767. The van der Waals surface area contributed by atoms with Crippen molar-refractivity contribution in [1.82, 2.24) is 0 Å². The van der Waals surface area contributed by atoms with Gasteiger partial charge in [0.05, 0.1) is 4.90 Å². The average molecular weight is 293 g/mol. The molecule has 0 saturated carbocycles. The molecule has 2 rings (SSSR count). The Kier molecular flexibility index (Phi) is 4.04. The topological polar surface area (TPSA) is 26.0 Å². The first-order chi connectivity index (χ1) is 9.27. The lowest BCUT2D eigenvalue weighted by molar-refractivity contribution is 0.542. The van der Waals surface area contributed by atoms with E-state index in [1.54, 1.807) is 0 Å². The molecule has 0 bridgehead atoms. The number of anilines is 1. The highest BCUT2D eigenvalue weighted by molar-refractivity contribution is 7.99. The fourth-order valence-electron chi connectivity index (χ4n) is 1.82. The molecule has 2 N–H and O–H groups in total. The van der Waals surface area contributed by atoms with Gasteiger partial charge in [-0.2, -0.15) is 0 Å². The minimum atomic E-state index is -0.632. The number of hydrogen-bond acceptors (Lipinski definition) is 2. The first kappa shape index (κ1) is 14.9. The first-order valence-electron chi connectivity index (χ1n) is 6.30. The maximum atomic E-state index is 13.7. The summed E-state index contributed by atoms with van der Waals surface area (Å²) in [7, 11) is 0. The van der Waals surface area contributed by atoms with Gasteiger partial charge in [0, 0.05) is 10.6 Å². The van der Waals surface area contributed by atoms with Crippen LogP contribution in [0, 0.1) is 11.6 Å². The van der Waals surface area contributed by atoms with E-state index in [0.29, 0.717) is 0 Å². The van der Waals surface area contributed by atoms with E-state index in [2.05, 4.69) is 20.8 Å². The third kappa shape index (κ3) is 3.31. The molecular weight excluding hydrogens is 276 g/mol. The van der Waals surface area contributed by atoms with E-state index in [1.807, 2.05) is 24.3 Å². The second-order valence-corrected chi connectivity index (χ2v) is 6.77. The largest absolute Gasteiger partial charge is 0.399 e. The van der Waals surface area contributed by atoms with Crippen molar-refractivity contribution >= 4 is 17.4 Å². The predicted octanol–water partition coefficient (Wildman–Crippen LogP) is 5.00. The Bertz CT molecular complexity index is 592. The summed E-state index contributed by atoms with van der Waals surface area (Å²) < 4.78 is 27.4. The fourth-order valence-corrected chi connectivity index (χ4v) is 2.64. The fraction of sp³-hybridized carbons (Fsp3) is 0.250. The second kappa shape index (κ2) is 5.44. The van der Waals surface area contributed by atoms with E-state index in [9.17, 15) is 8.78 Å². The van der Waals surface area contributed by atoms with Crippen molar-refractivity contribution in [2.75, 3.05) is 5.73 Å². The van der Waals surface area contributed by atoms with Gasteiger partial charge in [0.15, 0.2) is 0 Å². The lowest BCUT2D eigenvalue weighted by Crippen LogP contribution is -2.10. The van der Waals surface area contributed by atoms with Gasteiger partial charge < -0.3 is 5.73 Å². The molecule has 0 unspecified atom stereocenters. The number of benzene rings is 2. The van der Waals surface area contributed by atoms with Crippen molar-refractivity contribution in [3.8, 4) is 0 Å². The molecule has 20 heavy (non-hydrogen) atoms. The number of rotatable bonds is 2. The summed E-state index contributed by atoms with van der Waals surface area (Å²) in [5.41, 5.74) is 6.73. The van der Waals surface area contributed by atoms with Gasteiger partial charge in [0.2, 0.25) is 0 Å². The van der Waals surface area contributed by atoms with E-state index in [0.717, 1.165) is 28.8 Å². The van der Waals surface area contributed by atoms with Gasteiger partial charge in [0.1, 0.15) is 11.6 Å². The molecule has 2 aromatic carbocycles. The summed E-state index contributed by atoms with van der Waals surface area (Å²) in [5.74, 6) is -1.26. The Hall–Kier alpha value is -1.55. The van der Waals surface area contributed by atoms with Gasteiger partial charge in [-0.25, -0.2) is 8.78 Å². The monoisotopic (exact) mass is 293 g/mol. The van der Waals surface area contributed by atoms with Crippen molar-refractivity contribution < 1.29 is 8.78 Å². The molecule has 4 heteroatoms. The van der Waals surface area contributed by atoms with Crippen LogP contribution in [0.25, 0.3) is 0 Å². The van der Waals surface area contributed by atoms with Crippen LogP contribution in [0.3, 0.4) is 0 Å². The number of nitrogens with two attached hydrogens (primary N) is 1. The molecule has 0 saturated heterocycles. The Balaban J connectivity index is 2.27. The second-order valence-electron chi connectivity index (χ2n) is 5.69. The molecule has 1 nitrogen and oxygen atoms in total. The molecule has 0 aliphatic rings. The van der Waals surface area contributed by atoms with Crippen molar-refractivity contribution in [2.45, 2.75) is 36.0 Å². The minimum absolute atomic E-state index is 0.0253. The highest BCUT2D eigenvalue weighted by atomic mass is 32.2. The molecule has 2 aromatic rings. The van der Waals surface area contributed by atoms with Crippen LogP contribution < -0.4 is 5.73 Å². The molecule has 0 aliphatic carbocycles. The normalized spacial score (nSPS) is 11.7. The molecule has 0 heterocycles. The molecule has 0 radical (unpaired) electrons. The van der Waals surface area contributed by atoms with Gasteiger partial charge >= 0.3 is 0 Å². The van der Waals surface area contributed by atoms with E-state index in [1.165, 1.54) is 5.56 Å². The molecule has 0 aliphatic heterocycles. The number of nitrogen functional groups attached to an aromatic ring is 1. The van der Waals surface area contributed by atoms with Crippen LogP contribution in [0.1, 0.15) is 26.3 Å². The van der Waals surface area contributed by atoms with E-state index >= 15 is 0 Å². The molecule has 106 valence electrons. The smallest absolute Gasteiger partial charge is 0.142 e. The lowest BCUT2D eigenvalue weighted by atomic mass is 9.87. The molecule has 0 amide bonds. The number of halogens is 2. The molecule has 0 aromatic heterocycles. The lowest BCUT2D eigenvalue weighted by Gasteiger charge is -2.19. The molecule has 0 atom stereocenters. The van der Waals surface area contributed by atoms with Crippen molar-refractivity contribution in [3.05, 3.63) is 53.6 Å². The van der Waals surface area contributed by atoms with Gasteiger partial charge in [-0.1, -0.05) is 44.7 Å². The van der Waals surface area contributed by atoms with Crippen molar-refractivity contribution in [3.63, 3.8) is 0 Å². The summed E-state index contributed by atoms with van der Waals surface area (Å²) in [6.45, 7) is 6.36. The van der Waals surface area contributed by atoms with Crippen LogP contribution in [0.15, 0.2) is 46.2 Å². The highest BCUT2D eigenvalue weighted by Crippen LogP contribution is 2.34. The highest BCUT2D eigenvalue weighted by Gasteiger charge is 2.15. The molecule has 0 fully saturated rings. The third-order valence-electron chi connectivity index (χ3n) is 2.96. The van der Waals surface area contributed by atoms with Crippen molar-refractivity contribution in [1.29, 1.82) is 0 Å². The first-order valence-corrected chi connectivity index (χ1v) is 7.12.